The second kappa shape index (κ2) is 6.46. The van der Waals surface area contributed by atoms with Crippen molar-refractivity contribution >= 4 is 16.6 Å². The van der Waals surface area contributed by atoms with Crippen molar-refractivity contribution in [1.29, 1.82) is 0 Å². The molecule has 0 unspecified atom stereocenters. The van der Waals surface area contributed by atoms with Crippen molar-refractivity contribution in [2.45, 2.75) is 49.5 Å². The van der Waals surface area contributed by atoms with Gasteiger partial charge < -0.3 is 0 Å². The highest BCUT2D eigenvalue weighted by Crippen LogP contribution is 2.64. The Bertz CT molecular complexity index is 1540. The summed E-state index contributed by atoms with van der Waals surface area (Å²) in [7, 11) is 0. The summed E-state index contributed by atoms with van der Waals surface area (Å²) in [5, 5.41) is 20.0. The first kappa shape index (κ1) is 18.7. The van der Waals surface area contributed by atoms with E-state index in [0.717, 1.165) is 60.0 Å². The van der Waals surface area contributed by atoms with Gasteiger partial charge in [-0.3, -0.25) is 0 Å². The highest BCUT2D eigenvalue weighted by atomic mass is 15.6. The Morgan fingerprint density at radius 1 is 0.853 bits per heavy atom. The van der Waals surface area contributed by atoms with Crippen LogP contribution < -0.4 is 0 Å². The molecule has 34 heavy (non-hydrogen) atoms. The van der Waals surface area contributed by atoms with Crippen LogP contribution >= 0.6 is 0 Å². The highest BCUT2D eigenvalue weighted by Gasteiger charge is 2.61. The van der Waals surface area contributed by atoms with Gasteiger partial charge in [0, 0.05) is 16.4 Å². The molecule has 4 fully saturated rings. The van der Waals surface area contributed by atoms with Gasteiger partial charge in [0.25, 0.3) is 0 Å². The molecule has 0 saturated heterocycles. The number of hydrogen-bond donors (Lipinski definition) is 0. The quantitative estimate of drug-likeness (QED) is 0.412. The van der Waals surface area contributed by atoms with E-state index in [9.17, 15) is 0 Å². The minimum Gasteiger partial charge on any atom is -0.236 e. The van der Waals surface area contributed by atoms with Gasteiger partial charge in [-0.05, 0) is 67.7 Å². The number of aromatic nitrogens is 8. The molecular formula is C26H24N8. The van der Waals surface area contributed by atoms with Crippen LogP contribution in [0.3, 0.4) is 0 Å². The number of hydrogen-bond acceptors (Lipinski definition) is 6. The zero-order valence-electron chi connectivity index (χ0n) is 18.7. The number of benzene rings is 2. The van der Waals surface area contributed by atoms with Crippen LogP contribution in [0.15, 0.2) is 60.9 Å². The average Bonchev–Trinajstić information content (AvgIpc) is 3.53. The maximum absolute atomic E-state index is 5.15. The predicted molar refractivity (Wildman–Crippen MR) is 126 cm³/mol. The summed E-state index contributed by atoms with van der Waals surface area (Å²) < 4.78 is 1.87. The summed E-state index contributed by atoms with van der Waals surface area (Å²) in [4.78, 5) is 11.7. The number of para-hydroxylation sites is 1. The van der Waals surface area contributed by atoms with E-state index in [-0.39, 0.29) is 11.0 Å². The normalized spacial score (nSPS) is 29.9. The summed E-state index contributed by atoms with van der Waals surface area (Å²) in [6.07, 6.45) is 8.60. The molecule has 4 aliphatic carbocycles. The van der Waals surface area contributed by atoms with Gasteiger partial charge in [0.05, 0.1) is 11.1 Å². The van der Waals surface area contributed by atoms with Crippen LogP contribution in [-0.4, -0.2) is 39.8 Å². The van der Waals surface area contributed by atoms with Crippen molar-refractivity contribution in [3.63, 3.8) is 0 Å². The Hall–Kier alpha value is -3.68. The van der Waals surface area contributed by atoms with Crippen LogP contribution in [-0.2, 0) is 11.0 Å². The van der Waals surface area contributed by atoms with E-state index in [1.807, 2.05) is 57.8 Å². The van der Waals surface area contributed by atoms with Gasteiger partial charge in [0.2, 0.25) is 5.82 Å². The molecule has 4 aliphatic rings. The summed E-state index contributed by atoms with van der Waals surface area (Å²) in [5.41, 5.74) is 2.71. The second-order valence-corrected chi connectivity index (χ2v) is 10.7. The fraction of sp³-hybridized carbons (Fsp3) is 0.385. The zero-order chi connectivity index (χ0) is 22.3. The molecule has 0 radical (unpaired) electrons. The Morgan fingerprint density at radius 2 is 1.65 bits per heavy atom. The van der Waals surface area contributed by atoms with Crippen LogP contribution in [0, 0.1) is 11.8 Å². The summed E-state index contributed by atoms with van der Waals surface area (Å²) >= 11 is 0. The van der Waals surface area contributed by atoms with Crippen LogP contribution in [0.4, 0.5) is 0 Å². The van der Waals surface area contributed by atoms with Gasteiger partial charge in [0.1, 0.15) is 6.33 Å². The van der Waals surface area contributed by atoms with Gasteiger partial charge in [-0.25, -0.2) is 14.5 Å². The molecule has 9 rings (SSSR count). The number of rotatable bonds is 3. The first-order valence-corrected chi connectivity index (χ1v) is 12.2. The molecule has 4 bridgehead atoms. The van der Waals surface area contributed by atoms with E-state index in [1.165, 1.54) is 6.42 Å². The molecule has 8 heteroatoms. The van der Waals surface area contributed by atoms with Gasteiger partial charge in [-0.1, -0.05) is 42.5 Å². The molecule has 168 valence electrons. The molecule has 0 N–H and O–H groups in total. The first-order valence-electron chi connectivity index (χ1n) is 12.2. The predicted octanol–water partition coefficient (Wildman–Crippen LogP) is 4.18. The SMILES string of the molecule is c1ccc(-c2nnn(C34C[C@H]5C[C@@H](CC(c6nc7c8ccccc8ncn7n6)(C5)C3)C4)n2)cc1. The van der Waals surface area contributed by atoms with E-state index in [2.05, 4.69) is 21.4 Å². The molecule has 8 nitrogen and oxygen atoms in total. The molecule has 3 heterocycles. The Morgan fingerprint density at radius 3 is 2.50 bits per heavy atom. The third-order valence-electron chi connectivity index (χ3n) is 8.46. The van der Waals surface area contributed by atoms with Crippen molar-refractivity contribution in [1.82, 2.24) is 39.8 Å². The molecule has 0 amide bonds. The van der Waals surface area contributed by atoms with E-state index in [0.29, 0.717) is 17.7 Å². The van der Waals surface area contributed by atoms with Crippen molar-refractivity contribution in [2.75, 3.05) is 0 Å². The minimum absolute atomic E-state index is 0.0439. The van der Waals surface area contributed by atoms with E-state index in [4.69, 9.17) is 15.2 Å². The lowest BCUT2D eigenvalue weighted by atomic mass is 9.46. The van der Waals surface area contributed by atoms with E-state index >= 15 is 0 Å². The Labute approximate surface area is 196 Å². The summed E-state index contributed by atoms with van der Waals surface area (Å²) in [6.45, 7) is 0. The van der Waals surface area contributed by atoms with Crippen LogP contribution in [0.1, 0.15) is 44.3 Å². The van der Waals surface area contributed by atoms with Crippen LogP contribution in [0.5, 0.6) is 0 Å². The van der Waals surface area contributed by atoms with Crippen molar-refractivity contribution in [3.05, 3.63) is 66.7 Å². The van der Waals surface area contributed by atoms with Gasteiger partial charge >= 0.3 is 0 Å². The lowest BCUT2D eigenvalue weighted by Gasteiger charge is -2.60. The maximum Gasteiger partial charge on any atom is 0.204 e. The van der Waals surface area contributed by atoms with Gasteiger partial charge in [-0.2, -0.15) is 4.80 Å². The Kier molecular flexibility index (Phi) is 3.56. The third kappa shape index (κ3) is 2.53. The van der Waals surface area contributed by atoms with Crippen LogP contribution in [0.2, 0.25) is 0 Å². The lowest BCUT2D eigenvalue weighted by Crippen LogP contribution is -2.59. The van der Waals surface area contributed by atoms with Crippen LogP contribution in [0.25, 0.3) is 27.9 Å². The number of nitrogens with zero attached hydrogens (tertiary/aromatic N) is 8. The largest absolute Gasteiger partial charge is 0.236 e. The molecular weight excluding hydrogens is 424 g/mol. The molecule has 2 aromatic carbocycles. The molecule has 5 aromatic rings. The molecule has 4 saturated carbocycles. The monoisotopic (exact) mass is 448 g/mol. The van der Waals surface area contributed by atoms with Crippen molar-refractivity contribution in [2.24, 2.45) is 11.8 Å². The van der Waals surface area contributed by atoms with Gasteiger partial charge in [0.15, 0.2) is 11.5 Å². The third-order valence-corrected chi connectivity index (χ3v) is 8.46. The topological polar surface area (TPSA) is 86.7 Å². The van der Waals surface area contributed by atoms with Crippen molar-refractivity contribution in [3.8, 4) is 11.4 Å². The number of fused-ring (bicyclic) bond motifs is 3. The fourth-order valence-electron chi connectivity index (χ4n) is 7.53. The highest BCUT2D eigenvalue weighted by molar-refractivity contribution is 5.90. The smallest absolute Gasteiger partial charge is 0.204 e. The number of tetrazole rings is 1. The van der Waals surface area contributed by atoms with Gasteiger partial charge in [-0.15, -0.1) is 15.3 Å². The van der Waals surface area contributed by atoms with Crippen molar-refractivity contribution < 1.29 is 0 Å². The van der Waals surface area contributed by atoms with E-state index < -0.39 is 0 Å². The molecule has 0 aliphatic heterocycles. The fourth-order valence-corrected chi connectivity index (χ4v) is 7.53. The summed E-state index contributed by atoms with van der Waals surface area (Å²) in [5.74, 6) is 2.96. The molecule has 2 atom stereocenters. The average molecular weight is 449 g/mol. The van der Waals surface area contributed by atoms with E-state index in [1.54, 1.807) is 6.33 Å². The minimum atomic E-state index is -0.109. The Balaban J connectivity index is 1.24. The lowest BCUT2D eigenvalue weighted by molar-refractivity contribution is -0.0784. The maximum atomic E-state index is 5.15. The molecule has 3 aromatic heterocycles. The standard InChI is InChI=1S/C26H24N8/c1-2-6-19(7-3-1)22-29-32-34(30-22)26-13-17-10-18(14-26)12-25(11-17,15-26)24-28-23-20-8-4-5-9-21(20)27-16-33(23)31-24/h1-9,16-18H,10-15H2/t17-,18-,25?,26?/m0/s1. The summed E-state index contributed by atoms with van der Waals surface area (Å²) in [6, 6.07) is 18.3. The first-order chi connectivity index (χ1) is 16.7. The molecule has 0 spiro atoms. The second-order valence-electron chi connectivity index (χ2n) is 10.7. The zero-order valence-corrected chi connectivity index (χ0v) is 18.7.